The molecule has 2 aromatic carbocycles. The lowest BCUT2D eigenvalue weighted by Gasteiger charge is -2.24. The van der Waals surface area contributed by atoms with E-state index in [4.69, 9.17) is 23.2 Å². The van der Waals surface area contributed by atoms with Crippen molar-refractivity contribution >= 4 is 53.5 Å². The molecule has 2 rings (SSSR count). The standard InChI is InChI=1S/C18H19Cl2NO2S2/c1-18(2,3)25(23)21-9-12-8-14(19)17(24)16(20)15(12)13-7-5-4-6-11(13)10-22/h4-8,10,21,24H,9H2,1-3H3. The first-order chi connectivity index (χ1) is 11.7. The summed E-state index contributed by atoms with van der Waals surface area (Å²) in [5, 5.41) is 0.766. The summed E-state index contributed by atoms with van der Waals surface area (Å²) in [5.41, 5.74) is 2.61. The summed E-state index contributed by atoms with van der Waals surface area (Å²) in [6.07, 6.45) is 0.781. The zero-order valence-electron chi connectivity index (χ0n) is 14.1. The van der Waals surface area contributed by atoms with E-state index in [0.29, 0.717) is 38.2 Å². The highest BCUT2D eigenvalue weighted by atomic mass is 35.5. The Kier molecular flexibility index (Phi) is 6.87. The van der Waals surface area contributed by atoms with E-state index < -0.39 is 16.1 Å². The van der Waals surface area contributed by atoms with Crippen molar-refractivity contribution in [1.82, 2.24) is 4.72 Å². The van der Waals surface area contributed by atoms with Crippen LogP contribution in [0.2, 0.25) is 10.0 Å². The molecule has 7 heteroatoms. The Morgan fingerprint density at radius 2 is 1.92 bits per heavy atom. The van der Waals surface area contributed by atoms with E-state index >= 15 is 0 Å². The van der Waals surface area contributed by atoms with Gasteiger partial charge in [-0.05, 0) is 38.0 Å². The minimum Gasteiger partial charge on any atom is -0.598 e. The minimum atomic E-state index is -1.25. The first-order valence-electron chi connectivity index (χ1n) is 7.56. The lowest BCUT2D eigenvalue weighted by atomic mass is 9.95. The van der Waals surface area contributed by atoms with Crippen LogP contribution in [-0.4, -0.2) is 15.6 Å². The van der Waals surface area contributed by atoms with Crippen LogP contribution in [0.3, 0.4) is 0 Å². The molecule has 25 heavy (non-hydrogen) atoms. The quantitative estimate of drug-likeness (QED) is 0.394. The third kappa shape index (κ3) is 4.73. The highest BCUT2D eigenvalue weighted by Crippen LogP contribution is 2.41. The average molecular weight is 416 g/mol. The molecule has 0 aliphatic heterocycles. The molecule has 0 saturated carbocycles. The zero-order chi connectivity index (χ0) is 18.8. The van der Waals surface area contributed by atoms with E-state index in [2.05, 4.69) is 17.4 Å². The molecule has 0 spiro atoms. The van der Waals surface area contributed by atoms with Crippen molar-refractivity contribution in [2.45, 2.75) is 37.0 Å². The monoisotopic (exact) mass is 415 g/mol. The van der Waals surface area contributed by atoms with Gasteiger partial charge in [0.2, 0.25) is 0 Å². The molecular formula is C18H19Cl2NO2S2. The van der Waals surface area contributed by atoms with Crippen LogP contribution in [0.15, 0.2) is 35.2 Å². The van der Waals surface area contributed by atoms with E-state index in [0.717, 1.165) is 11.8 Å². The van der Waals surface area contributed by atoms with Gasteiger partial charge < -0.3 is 4.55 Å². The smallest absolute Gasteiger partial charge is 0.150 e. The van der Waals surface area contributed by atoms with Crippen LogP contribution >= 0.6 is 35.8 Å². The Balaban J connectivity index is 2.55. The van der Waals surface area contributed by atoms with Gasteiger partial charge in [0.15, 0.2) is 6.29 Å². The van der Waals surface area contributed by atoms with Crippen molar-refractivity contribution < 1.29 is 9.35 Å². The number of thiol groups is 1. The molecule has 1 N–H and O–H groups in total. The largest absolute Gasteiger partial charge is 0.598 e. The summed E-state index contributed by atoms with van der Waals surface area (Å²) in [4.78, 5) is 11.9. The van der Waals surface area contributed by atoms with Gasteiger partial charge in [-0.1, -0.05) is 47.5 Å². The Morgan fingerprint density at radius 1 is 1.28 bits per heavy atom. The van der Waals surface area contributed by atoms with Gasteiger partial charge in [-0.3, -0.25) is 4.79 Å². The summed E-state index contributed by atoms with van der Waals surface area (Å²) in [7, 11) is 0. The lowest BCUT2D eigenvalue weighted by molar-refractivity contribution is 0.112. The molecule has 0 radical (unpaired) electrons. The second-order valence-electron chi connectivity index (χ2n) is 6.46. The normalized spacial score (nSPS) is 12.9. The molecule has 0 bridgehead atoms. The Hall–Kier alpha value is -0.690. The van der Waals surface area contributed by atoms with Crippen LogP contribution in [0.4, 0.5) is 0 Å². The van der Waals surface area contributed by atoms with Gasteiger partial charge in [-0.15, -0.1) is 17.4 Å². The summed E-state index contributed by atoms with van der Waals surface area (Å²) >= 11 is 15.8. The topological polar surface area (TPSA) is 52.2 Å². The van der Waals surface area contributed by atoms with E-state index in [1.165, 1.54) is 0 Å². The molecule has 0 aliphatic rings. The molecule has 3 nitrogen and oxygen atoms in total. The van der Waals surface area contributed by atoms with Gasteiger partial charge in [-0.25, -0.2) is 0 Å². The predicted molar refractivity (Wildman–Crippen MR) is 109 cm³/mol. The third-order valence-electron chi connectivity index (χ3n) is 3.58. The molecule has 0 saturated heterocycles. The zero-order valence-corrected chi connectivity index (χ0v) is 17.3. The molecule has 0 aliphatic carbocycles. The van der Waals surface area contributed by atoms with Crippen LogP contribution in [-0.2, 0) is 17.9 Å². The fourth-order valence-corrected chi connectivity index (χ4v) is 3.77. The Bertz CT molecular complexity index is 791. The Morgan fingerprint density at radius 3 is 2.52 bits per heavy atom. The fraction of sp³-hybridized carbons (Fsp3) is 0.278. The van der Waals surface area contributed by atoms with Crippen LogP contribution in [0.25, 0.3) is 11.1 Å². The predicted octanol–water partition coefficient (Wildman–Crippen LogP) is 5.31. The molecule has 1 unspecified atom stereocenters. The van der Waals surface area contributed by atoms with Crippen molar-refractivity contribution in [3.8, 4) is 11.1 Å². The number of rotatable bonds is 5. The van der Waals surface area contributed by atoms with Crippen molar-refractivity contribution in [3.63, 3.8) is 0 Å². The number of halogens is 2. The minimum absolute atomic E-state index is 0.292. The second kappa shape index (κ2) is 8.33. The molecule has 134 valence electrons. The first kappa shape index (κ1) is 20.6. The van der Waals surface area contributed by atoms with Gasteiger partial charge >= 0.3 is 0 Å². The number of carbonyl (C=O) groups excluding carboxylic acids is 1. The van der Waals surface area contributed by atoms with Crippen molar-refractivity contribution in [3.05, 3.63) is 51.5 Å². The Labute approximate surface area is 166 Å². The van der Waals surface area contributed by atoms with Crippen LogP contribution < -0.4 is 4.72 Å². The van der Waals surface area contributed by atoms with Gasteiger partial charge in [0.1, 0.15) is 4.75 Å². The SMILES string of the molecule is CC(C)(C)[S+]([O-])NCc1cc(Cl)c(S)c(Cl)c1-c1ccccc1C=O. The number of hydrogen-bond acceptors (Lipinski definition) is 4. The van der Waals surface area contributed by atoms with Crippen LogP contribution in [0.1, 0.15) is 36.7 Å². The highest BCUT2D eigenvalue weighted by Gasteiger charge is 2.27. The maximum absolute atomic E-state index is 12.3. The fourth-order valence-electron chi connectivity index (χ4n) is 2.28. The second-order valence-corrected chi connectivity index (χ2v) is 9.75. The average Bonchev–Trinajstić information content (AvgIpc) is 2.56. The van der Waals surface area contributed by atoms with E-state index in [1.54, 1.807) is 18.2 Å². The highest BCUT2D eigenvalue weighted by molar-refractivity contribution is 7.90. The van der Waals surface area contributed by atoms with Gasteiger partial charge in [0, 0.05) is 27.4 Å². The number of hydrogen-bond donors (Lipinski definition) is 2. The number of benzene rings is 2. The van der Waals surface area contributed by atoms with E-state index in [-0.39, 0.29) is 0 Å². The maximum atomic E-state index is 12.3. The van der Waals surface area contributed by atoms with Gasteiger partial charge in [0.25, 0.3) is 0 Å². The number of aldehydes is 1. The van der Waals surface area contributed by atoms with Crippen LogP contribution in [0, 0.1) is 0 Å². The summed E-state index contributed by atoms with van der Waals surface area (Å²) < 4.78 is 14.9. The van der Waals surface area contributed by atoms with Crippen LogP contribution in [0.5, 0.6) is 0 Å². The molecular weight excluding hydrogens is 397 g/mol. The summed E-state index contributed by atoms with van der Waals surface area (Å²) in [6.45, 7) is 5.94. The van der Waals surface area contributed by atoms with Gasteiger partial charge in [-0.2, -0.15) is 0 Å². The lowest BCUT2D eigenvalue weighted by Crippen LogP contribution is -2.39. The molecule has 0 heterocycles. The molecule has 2 aromatic rings. The van der Waals surface area contributed by atoms with Crippen molar-refractivity contribution in [2.75, 3.05) is 0 Å². The van der Waals surface area contributed by atoms with E-state index in [9.17, 15) is 9.35 Å². The first-order valence-corrected chi connectivity index (χ1v) is 9.92. The number of nitrogens with one attached hydrogen (secondary N) is 1. The molecule has 0 aromatic heterocycles. The molecule has 1 atom stereocenters. The summed E-state index contributed by atoms with van der Waals surface area (Å²) in [6, 6.07) is 8.88. The van der Waals surface area contributed by atoms with E-state index in [1.807, 2.05) is 32.9 Å². The molecule has 0 fully saturated rings. The summed E-state index contributed by atoms with van der Waals surface area (Å²) in [5.74, 6) is 0. The maximum Gasteiger partial charge on any atom is 0.150 e. The van der Waals surface area contributed by atoms with Gasteiger partial charge in [0.05, 0.1) is 16.6 Å². The third-order valence-corrected chi connectivity index (χ3v) is 6.51. The number of carbonyl (C=O) groups is 1. The van der Waals surface area contributed by atoms with Crippen molar-refractivity contribution in [2.24, 2.45) is 0 Å². The van der Waals surface area contributed by atoms with Crippen molar-refractivity contribution in [1.29, 1.82) is 0 Å². The molecule has 0 amide bonds.